The van der Waals surface area contributed by atoms with Crippen LogP contribution in [0.15, 0.2) is 36.5 Å². The number of aromatic nitrogens is 1. The van der Waals surface area contributed by atoms with Crippen LogP contribution < -0.4 is 4.74 Å². The van der Waals surface area contributed by atoms with Gasteiger partial charge in [-0.15, -0.1) is 0 Å². The van der Waals surface area contributed by atoms with Gasteiger partial charge >= 0.3 is 5.97 Å². The summed E-state index contributed by atoms with van der Waals surface area (Å²) < 4.78 is 7.67. The molecule has 0 spiro atoms. The molecule has 4 heteroatoms. The molecule has 0 fully saturated rings. The zero-order valence-corrected chi connectivity index (χ0v) is 12.5. The number of carboxylic acids is 1. The second-order valence-corrected chi connectivity index (χ2v) is 5.09. The van der Waals surface area contributed by atoms with Crippen molar-refractivity contribution in [2.75, 3.05) is 6.61 Å². The molecule has 0 atom stereocenters. The van der Waals surface area contributed by atoms with E-state index >= 15 is 0 Å². The van der Waals surface area contributed by atoms with Crippen LogP contribution in [0.2, 0.25) is 0 Å². The van der Waals surface area contributed by atoms with Crippen molar-refractivity contribution < 1.29 is 14.6 Å². The SMILES string of the molecule is CCCc1c(C(=O)O)ccn1CCOc1ccc(C)cc1. The average molecular weight is 287 g/mol. The molecule has 1 heterocycles. The highest BCUT2D eigenvalue weighted by molar-refractivity contribution is 5.89. The third-order valence-electron chi connectivity index (χ3n) is 3.42. The zero-order valence-electron chi connectivity index (χ0n) is 12.5. The molecule has 0 aliphatic carbocycles. The average Bonchev–Trinajstić information content (AvgIpc) is 2.85. The van der Waals surface area contributed by atoms with E-state index in [1.807, 2.05) is 48.9 Å². The largest absolute Gasteiger partial charge is 0.492 e. The Morgan fingerprint density at radius 1 is 1.24 bits per heavy atom. The number of benzene rings is 1. The highest BCUT2D eigenvalue weighted by Gasteiger charge is 2.14. The van der Waals surface area contributed by atoms with Crippen molar-refractivity contribution in [3.8, 4) is 5.75 Å². The lowest BCUT2D eigenvalue weighted by molar-refractivity contribution is 0.0695. The van der Waals surface area contributed by atoms with Crippen LogP contribution in [0.5, 0.6) is 5.75 Å². The van der Waals surface area contributed by atoms with Crippen LogP contribution >= 0.6 is 0 Å². The molecule has 1 N–H and O–H groups in total. The van der Waals surface area contributed by atoms with Crippen LogP contribution in [-0.4, -0.2) is 22.2 Å². The molecule has 0 amide bonds. The highest BCUT2D eigenvalue weighted by Crippen LogP contribution is 2.15. The molecule has 21 heavy (non-hydrogen) atoms. The van der Waals surface area contributed by atoms with Gasteiger partial charge in [0.25, 0.3) is 0 Å². The van der Waals surface area contributed by atoms with E-state index in [1.54, 1.807) is 6.07 Å². The fourth-order valence-corrected chi connectivity index (χ4v) is 2.32. The molecule has 0 aliphatic heterocycles. The summed E-state index contributed by atoms with van der Waals surface area (Å²) >= 11 is 0. The summed E-state index contributed by atoms with van der Waals surface area (Å²) in [6.07, 6.45) is 3.51. The lowest BCUT2D eigenvalue weighted by Crippen LogP contribution is -2.12. The maximum Gasteiger partial charge on any atom is 0.337 e. The van der Waals surface area contributed by atoms with E-state index < -0.39 is 5.97 Å². The number of carboxylic acid groups (broad SMARTS) is 1. The first-order valence-electron chi connectivity index (χ1n) is 7.22. The van der Waals surface area contributed by atoms with Gasteiger partial charge in [0.1, 0.15) is 12.4 Å². The van der Waals surface area contributed by atoms with Crippen LogP contribution in [0.3, 0.4) is 0 Å². The maximum atomic E-state index is 11.2. The van der Waals surface area contributed by atoms with Gasteiger partial charge < -0.3 is 14.4 Å². The Morgan fingerprint density at radius 3 is 2.57 bits per heavy atom. The van der Waals surface area contributed by atoms with Crippen molar-refractivity contribution in [1.82, 2.24) is 4.57 Å². The molecular weight excluding hydrogens is 266 g/mol. The van der Waals surface area contributed by atoms with Crippen molar-refractivity contribution in [3.05, 3.63) is 53.3 Å². The number of nitrogens with zero attached hydrogens (tertiary/aromatic N) is 1. The Morgan fingerprint density at radius 2 is 1.95 bits per heavy atom. The predicted molar refractivity (Wildman–Crippen MR) is 82.1 cm³/mol. The van der Waals surface area contributed by atoms with Gasteiger partial charge in [-0.3, -0.25) is 0 Å². The van der Waals surface area contributed by atoms with Crippen molar-refractivity contribution in [3.63, 3.8) is 0 Å². The molecule has 0 bridgehead atoms. The fraction of sp³-hybridized carbons (Fsp3) is 0.353. The number of aromatic carboxylic acids is 1. The monoisotopic (exact) mass is 287 g/mol. The minimum absolute atomic E-state index is 0.396. The second kappa shape index (κ2) is 6.97. The first-order chi connectivity index (χ1) is 10.1. The molecule has 112 valence electrons. The van der Waals surface area contributed by atoms with Gasteiger partial charge in [0.15, 0.2) is 0 Å². The molecule has 0 unspecified atom stereocenters. The number of hydrogen-bond acceptors (Lipinski definition) is 2. The second-order valence-electron chi connectivity index (χ2n) is 5.09. The Bertz CT molecular complexity index is 599. The molecule has 2 rings (SSSR count). The summed E-state index contributed by atoms with van der Waals surface area (Å²) in [4.78, 5) is 11.2. The van der Waals surface area contributed by atoms with Gasteiger partial charge in [0, 0.05) is 11.9 Å². The summed E-state index contributed by atoms with van der Waals surface area (Å²) in [5.74, 6) is -0.0279. The third-order valence-corrected chi connectivity index (χ3v) is 3.42. The molecule has 2 aromatic rings. The van der Waals surface area contributed by atoms with Crippen LogP contribution in [-0.2, 0) is 13.0 Å². The molecular formula is C17H21NO3. The lowest BCUT2D eigenvalue weighted by atomic mass is 10.1. The van der Waals surface area contributed by atoms with Crippen molar-refractivity contribution >= 4 is 5.97 Å². The molecule has 0 saturated heterocycles. The number of aryl methyl sites for hydroxylation is 1. The fourth-order valence-electron chi connectivity index (χ4n) is 2.32. The number of carbonyl (C=O) groups is 1. The van der Waals surface area contributed by atoms with E-state index in [9.17, 15) is 9.90 Å². The summed E-state index contributed by atoms with van der Waals surface area (Å²) in [6.45, 7) is 5.25. The van der Waals surface area contributed by atoms with Gasteiger partial charge in [-0.25, -0.2) is 4.79 Å². The van der Waals surface area contributed by atoms with E-state index in [1.165, 1.54) is 5.56 Å². The maximum absolute atomic E-state index is 11.2. The molecule has 1 aromatic carbocycles. The summed E-state index contributed by atoms with van der Waals surface area (Å²) in [6, 6.07) is 9.58. The van der Waals surface area contributed by atoms with Gasteiger partial charge in [-0.1, -0.05) is 31.0 Å². The van der Waals surface area contributed by atoms with E-state index in [-0.39, 0.29) is 0 Å². The van der Waals surface area contributed by atoms with Crippen molar-refractivity contribution in [1.29, 1.82) is 0 Å². The minimum atomic E-state index is -0.864. The highest BCUT2D eigenvalue weighted by atomic mass is 16.5. The standard InChI is InChI=1S/C17H21NO3/c1-3-4-16-15(17(19)20)9-10-18(16)11-12-21-14-7-5-13(2)6-8-14/h5-10H,3-4,11-12H2,1-2H3,(H,19,20). The minimum Gasteiger partial charge on any atom is -0.492 e. The van der Waals surface area contributed by atoms with E-state index in [4.69, 9.17) is 4.74 Å². The topological polar surface area (TPSA) is 51.5 Å². The van der Waals surface area contributed by atoms with E-state index in [0.29, 0.717) is 18.7 Å². The number of hydrogen-bond donors (Lipinski definition) is 1. The first kappa shape index (κ1) is 15.2. The smallest absolute Gasteiger partial charge is 0.337 e. The molecule has 0 saturated carbocycles. The Kier molecular flexibility index (Phi) is 5.04. The summed E-state index contributed by atoms with van der Waals surface area (Å²) in [5, 5.41) is 9.19. The van der Waals surface area contributed by atoms with Crippen LogP contribution in [0.4, 0.5) is 0 Å². The van der Waals surface area contributed by atoms with E-state index in [2.05, 4.69) is 0 Å². The van der Waals surface area contributed by atoms with E-state index in [0.717, 1.165) is 24.3 Å². The quantitative estimate of drug-likeness (QED) is 0.847. The Labute approximate surface area is 125 Å². The van der Waals surface area contributed by atoms with Crippen LogP contribution in [0.25, 0.3) is 0 Å². The molecule has 0 aliphatic rings. The Balaban J connectivity index is 1.99. The molecule has 4 nitrogen and oxygen atoms in total. The van der Waals surface area contributed by atoms with Crippen LogP contribution in [0, 0.1) is 6.92 Å². The zero-order chi connectivity index (χ0) is 15.2. The van der Waals surface area contributed by atoms with Gasteiger partial charge in [-0.2, -0.15) is 0 Å². The predicted octanol–water partition coefficient (Wildman–Crippen LogP) is 3.53. The van der Waals surface area contributed by atoms with Gasteiger partial charge in [-0.05, 0) is 31.5 Å². The van der Waals surface area contributed by atoms with Crippen molar-refractivity contribution in [2.45, 2.75) is 33.2 Å². The first-order valence-corrected chi connectivity index (χ1v) is 7.22. The van der Waals surface area contributed by atoms with Gasteiger partial charge in [0.2, 0.25) is 0 Å². The molecule has 0 radical (unpaired) electrons. The number of ether oxygens (including phenoxy) is 1. The summed E-state index contributed by atoms with van der Waals surface area (Å²) in [7, 11) is 0. The lowest BCUT2D eigenvalue weighted by Gasteiger charge is -2.11. The Hall–Kier alpha value is -2.23. The third kappa shape index (κ3) is 3.88. The molecule has 1 aromatic heterocycles. The number of rotatable bonds is 7. The van der Waals surface area contributed by atoms with Crippen LogP contribution in [0.1, 0.15) is 35.0 Å². The summed E-state index contributed by atoms with van der Waals surface area (Å²) in [5.41, 5.74) is 2.47. The normalized spacial score (nSPS) is 10.6. The van der Waals surface area contributed by atoms with Gasteiger partial charge in [0.05, 0.1) is 12.1 Å². The van der Waals surface area contributed by atoms with Crippen molar-refractivity contribution in [2.24, 2.45) is 0 Å².